The van der Waals surface area contributed by atoms with E-state index in [0.717, 1.165) is 19.5 Å². The molecule has 0 aliphatic heterocycles. The van der Waals surface area contributed by atoms with Gasteiger partial charge in [-0.25, -0.2) is 0 Å². The molecule has 0 saturated carbocycles. The summed E-state index contributed by atoms with van der Waals surface area (Å²) in [5, 5.41) is 6.08. The van der Waals surface area contributed by atoms with Crippen LogP contribution in [-0.4, -0.2) is 19.0 Å². The summed E-state index contributed by atoms with van der Waals surface area (Å²) in [7, 11) is 0. The second-order valence-corrected chi connectivity index (χ2v) is 5.06. The Balaban J connectivity index is 2.18. The van der Waals surface area contributed by atoms with E-state index in [1.807, 2.05) is 12.1 Å². The fraction of sp³-hybridized carbons (Fsp3) is 0.533. The molecule has 0 heterocycles. The van der Waals surface area contributed by atoms with Crippen LogP contribution in [0.4, 0.5) is 0 Å². The van der Waals surface area contributed by atoms with Crippen molar-refractivity contribution in [3.63, 3.8) is 0 Å². The zero-order chi connectivity index (χ0) is 13.4. The van der Waals surface area contributed by atoms with Gasteiger partial charge >= 0.3 is 0 Å². The van der Waals surface area contributed by atoms with Gasteiger partial charge in [0.25, 0.3) is 0 Å². The van der Waals surface area contributed by atoms with Gasteiger partial charge in [0.15, 0.2) is 0 Å². The maximum atomic E-state index is 11.5. The Hall–Kier alpha value is -1.35. The van der Waals surface area contributed by atoms with E-state index in [-0.39, 0.29) is 5.91 Å². The van der Waals surface area contributed by atoms with Crippen molar-refractivity contribution in [3.05, 3.63) is 35.4 Å². The molecule has 1 rings (SSSR count). The largest absolute Gasteiger partial charge is 0.355 e. The van der Waals surface area contributed by atoms with Crippen molar-refractivity contribution in [1.82, 2.24) is 10.6 Å². The SMILES string of the molecule is Cc1ccccc1CNCC(=O)NCCC(C)C. The van der Waals surface area contributed by atoms with Crippen LogP contribution in [-0.2, 0) is 11.3 Å². The molecule has 1 aromatic carbocycles. The van der Waals surface area contributed by atoms with Gasteiger partial charge < -0.3 is 10.6 Å². The van der Waals surface area contributed by atoms with Gasteiger partial charge in [0.2, 0.25) is 5.91 Å². The minimum absolute atomic E-state index is 0.0734. The number of carbonyl (C=O) groups is 1. The lowest BCUT2D eigenvalue weighted by Gasteiger charge is -2.09. The minimum Gasteiger partial charge on any atom is -0.355 e. The third-order valence-electron chi connectivity index (χ3n) is 2.91. The number of hydrogen-bond donors (Lipinski definition) is 2. The van der Waals surface area contributed by atoms with Gasteiger partial charge in [0.05, 0.1) is 6.54 Å². The highest BCUT2D eigenvalue weighted by Crippen LogP contribution is 2.05. The van der Waals surface area contributed by atoms with Crippen molar-refractivity contribution in [2.45, 2.75) is 33.7 Å². The van der Waals surface area contributed by atoms with Gasteiger partial charge in [0, 0.05) is 13.1 Å². The first-order chi connectivity index (χ1) is 8.59. The Labute approximate surface area is 110 Å². The van der Waals surface area contributed by atoms with Crippen LogP contribution in [0.3, 0.4) is 0 Å². The van der Waals surface area contributed by atoms with Crippen LogP contribution in [0.2, 0.25) is 0 Å². The molecule has 0 bridgehead atoms. The molecule has 2 N–H and O–H groups in total. The Morgan fingerprint density at radius 3 is 2.67 bits per heavy atom. The van der Waals surface area contributed by atoms with Crippen molar-refractivity contribution >= 4 is 5.91 Å². The summed E-state index contributed by atoms with van der Waals surface area (Å²) < 4.78 is 0. The molecule has 0 spiro atoms. The smallest absolute Gasteiger partial charge is 0.233 e. The lowest BCUT2D eigenvalue weighted by molar-refractivity contribution is -0.120. The third-order valence-corrected chi connectivity index (χ3v) is 2.91. The molecule has 0 aliphatic rings. The number of nitrogens with one attached hydrogen (secondary N) is 2. The topological polar surface area (TPSA) is 41.1 Å². The lowest BCUT2D eigenvalue weighted by atomic mass is 10.1. The van der Waals surface area contributed by atoms with Crippen LogP contribution in [0.15, 0.2) is 24.3 Å². The van der Waals surface area contributed by atoms with Crippen LogP contribution < -0.4 is 10.6 Å². The van der Waals surface area contributed by atoms with Gasteiger partial charge in [-0.15, -0.1) is 0 Å². The maximum Gasteiger partial charge on any atom is 0.233 e. The Morgan fingerprint density at radius 2 is 2.00 bits per heavy atom. The standard InChI is InChI=1S/C15H24N2O/c1-12(2)8-9-17-15(18)11-16-10-14-7-5-4-6-13(14)3/h4-7,12,16H,8-11H2,1-3H3,(H,17,18). The number of amides is 1. The van der Waals surface area contributed by atoms with Gasteiger partial charge in [0.1, 0.15) is 0 Å². The minimum atomic E-state index is 0.0734. The van der Waals surface area contributed by atoms with Gasteiger partial charge in [-0.1, -0.05) is 38.1 Å². The Bertz CT molecular complexity index is 375. The number of rotatable bonds is 7. The Morgan fingerprint density at radius 1 is 1.28 bits per heavy atom. The fourth-order valence-electron chi connectivity index (χ4n) is 1.68. The van der Waals surface area contributed by atoms with Crippen LogP contribution in [0.25, 0.3) is 0 Å². The molecule has 100 valence electrons. The van der Waals surface area contributed by atoms with E-state index in [4.69, 9.17) is 0 Å². The van der Waals surface area contributed by atoms with E-state index in [9.17, 15) is 4.79 Å². The summed E-state index contributed by atoms with van der Waals surface area (Å²) >= 11 is 0. The van der Waals surface area contributed by atoms with Crippen molar-refractivity contribution in [2.24, 2.45) is 5.92 Å². The van der Waals surface area contributed by atoms with Crippen molar-refractivity contribution < 1.29 is 4.79 Å². The molecule has 0 aliphatic carbocycles. The average Bonchev–Trinajstić information content (AvgIpc) is 2.31. The van der Waals surface area contributed by atoms with E-state index >= 15 is 0 Å². The quantitative estimate of drug-likeness (QED) is 0.777. The number of hydrogen-bond acceptors (Lipinski definition) is 2. The molecule has 0 aromatic heterocycles. The molecule has 1 aromatic rings. The summed E-state index contributed by atoms with van der Waals surface area (Å²) in [5.74, 6) is 0.703. The van der Waals surface area contributed by atoms with Crippen LogP contribution in [0.5, 0.6) is 0 Å². The first kappa shape index (κ1) is 14.7. The molecule has 1 amide bonds. The highest BCUT2D eigenvalue weighted by Gasteiger charge is 2.02. The molecule has 3 nitrogen and oxygen atoms in total. The summed E-state index contributed by atoms with van der Waals surface area (Å²) in [6, 6.07) is 8.21. The average molecular weight is 248 g/mol. The Kier molecular flexibility index (Phi) is 6.44. The van der Waals surface area contributed by atoms with Gasteiger partial charge in [-0.05, 0) is 30.4 Å². The zero-order valence-electron chi connectivity index (χ0n) is 11.6. The van der Waals surface area contributed by atoms with E-state index in [2.05, 4.69) is 43.5 Å². The fourth-order valence-corrected chi connectivity index (χ4v) is 1.68. The summed E-state index contributed by atoms with van der Waals surface area (Å²) in [4.78, 5) is 11.5. The van der Waals surface area contributed by atoms with E-state index in [0.29, 0.717) is 12.5 Å². The highest BCUT2D eigenvalue weighted by molar-refractivity contribution is 5.77. The summed E-state index contributed by atoms with van der Waals surface area (Å²) in [6.07, 6.45) is 1.03. The van der Waals surface area contributed by atoms with Gasteiger partial charge in [-0.3, -0.25) is 4.79 Å². The molecule has 0 fully saturated rings. The third kappa shape index (κ3) is 5.82. The normalized spacial score (nSPS) is 10.7. The summed E-state index contributed by atoms with van der Waals surface area (Å²) in [6.45, 7) is 8.28. The molecule has 0 radical (unpaired) electrons. The van der Waals surface area contributed by atoms with Crippen LogP contribution in [0, 0.1) is 12.8 Å². The molecule has 18 heavy (non-hydrogen) atoms. The molecular weight excluding hydrogens is 224 g/mol. The number of carbonyl (C=O) groups excluding carboxylic acids is 1. The first-order valence-electron chi connectivity index (χ1n) is 6.61. The monoisotopic (exact) mass is 248 g/mol. The maximum absolute atomic E-state index is 11.5. The van der Waals surface area contributed by atoms with Crippen molar-refractivity contribution in [3.8, 4) is 0 Å². The highest BCUT2D eigenvalue weighted by atomic mass is 16.1. The second kappa shape index (κ2) is 7.88. The van der Waals surface area contributed by atoms with Crippen LogP contribution in [0.1, 0.15) is 31.4 Å². The number of benzene rings is 1. The predicted molar refractivity (Wildman–Crippen MR) is 75.4 cm³/mol. The number of aryl methyl sites for hydroxylation is 1. The van der Waals surface area contributed by atoms with Crippen LogP contribution >= 0.6 is 0 Å². The molecule has 3 heteroatoms. The molecule has 0 atom stereocenters. The summed E-state index contributed by atoms with van der Waals surface area (Å²) in [5.41, 5.74) is 2.50. The zero-order valence-corrected chi connectivity index (χ0v) is 11.6. The van der Waals surface area contributed by atoms with Gasteiger partial charge in [-0.2, -0.15) is 0 Å². The lowest BCUT2D eigenvalue weighted by Crippen LogP contribution is -2.34. The van der Waals surface area contributed by atoms with Crippen molar-refractivity contribution in [2.75, 3.05) is 13.1 Å². The first-order valence-corrected chi connectivity index (χ1v) is 6.61. The second-order valence-electron chi connectivity index (χ2n) is 5.06. The molecule has 0 saturated heterocycles. The molecular formula is C15H24N2O. The van der Waals surface area contributed by atoms with E-state index in [1.54, 1.807) is 0 Å². The predicted octanol–water partition coefficient (Wildman–Crippen LogP) is 2.25. The van der Waals surface area contributed by atoms with E-state index in [1.165, 1.54) is 11.1 Å². The van der Waals surface area contributed by atoms with E-state index < -0.39 is 0 Å². The molecule has 0 unspecified atom stereocenters. The van der Waals surface area contributed by atoms with Crippen molar-refractivity contribution in [1.29, 1.82) is 0 Å².